The van der Waals surface area contributed by atoms with E-state index >= 15 is 0 Å². The SMILES string of the molecule is CCCc1cc(NN)nc(-c2ccc([N+](=O)[O-])cc2)n1. The fraction of sp³-hybridized carbons (Fsp3) is 0.231. The Labute approximate surface area is 116 Å². The normalized spacial score (nSPS) is 10.3. The maximum atomic E-state index is 10.6. The molecule has 1 aromatic carbocycles. The van der Waals surface area contributed by atoms with Crippen LogP contribution in [-0.2, 0) is 6.42 Å². The highest BCUT2D eigenvalue weighted by Crippen LogP contribution is 2.21. The van der Waals surface area contributed by atoms with Gasteiger partial charge in [0, 0.05) is 29.5 Å². The van der Waals surface area contributed by atoms with Gasteiger partial charge in [-0.2, -0.15) is 0 Å². The molecule has 0 bridgehead atoms. The first kappa shape index (κ1) is 13.9. The Bertz CT molecular complexity index is 613. The van der Waals surface area contributed by atoms with E-state index in [9.17, 15) is 10.1 Å². The predicted octanol–water partition coefficient (Wildman–Crippen LogP) is 2.29. The predicted molar refractivity (Wildman–Crippen MR) is 75.9 cm³/mol. The van der Waals surface area contributed by atoms with Crippen molar-refractivity contribution in [2.24, 2.45) is 5.84 Å². The van der Waals surface area contributed by atoms with Crippen LogP contribution in [0.25, 0.3) is 11.4 Å². The Morgan fingerprint density at radius 3 is 2.55 bits per heavy atom. The van der Waals surface area contributed by atoms with Crippen LogP contribution >= 0.6 is 0 Å². The number of hydrogen-bond donors (Lipinski definition) is 2. The van der Waals surface area contributed by atoms with Gasteiger partial charge in [-0.05, 0) is 18.6 Å². The van der Waals surface area contributed by atoms with Gasteiger partial charge in [-0.3, -0.25) is 10.1 Å². The molecule has 20 heavy (non-hydrogen) atoms. The lowest BCUT2D eigenvalue weighted by molar-refractivity contribution is -0.384. The minimum Gasteiger partial charge on any atom is -0.308 e. The molecule has 0 saturated carbocycles. The van der Waals surface area contributed by atoms with Gasteiger partial charge in [0.05, 0.1) is 4.92 Å². The molecule has 0 unspecified atom stereocenters. The van der Waals surface area contributed by atoms with E-state index in [-0.39, 0.29) is 5.69 Å². The molecular weight excluding hydrogens is 258 g/mol. The topological polar surface area (TPSA) is 107 Å². The molecule has 0 spiro atoms. The number of rotatable bonds is 5. The van der Waals surface area contributed by atoms with Gasteiger partial charge < -0.3 is 5.43 Å². The number of nitrogens with two attached hydrogens (primary N) is 1. The third kappa shape index (κ3) is 3.07. The van der Waals surface area contributed by atoms with Gasteiger partial charge in [-0.15, -0.1) is 0 Å². The van der Waals surface area contributed by atoms with Crippen LogP contribution in [0.3, 0.4) is 0 Å². The summed E-state index contributed by atoms with van der Waals surface area (Å²) in [6.45, 7) is 2.06. The van der Waals surface area contributed by atoms with Crippen LogP contribution in [0.5, 0.6) is 0 Å². The Kier molecular flexibility index (Phi) is 4.21. The summed E-state index contributed by atoms with van der Waals surface area (Å²) in [5.74, 6) is 6.42. The lowest BCUT2D eigenvalue weighted by Gasteiger charge is -2.07. The minimum atomic E-state index is -0.439. The Morgan fingerprint density at radius 2 is 2.00 bits per heavy atom. The van der Waals surface area contributed by atoms with Crippen LogP contribution in [0.4, 0.5) is 11.5 Å². The number of nitrogens with one attached hydrogen (secondary N) is 1. The zero-order chi connectivity index (χ0) is 14.5. The van der Waals surface area contributed by atoms with E-state index in [1.807, 2.05) is 0 Å². The molecule has 7 heteroatoms. The quantitative estimate of drug-likeness (QED) is 0.491. The number of nitro benzene ring substituents is 1. The van der Waals surface area contributed by atoms with Gasteiger partial charge in [-0.25, -0.2) is 15.8 Å². The number of benzene rings is 1. The first-order valence-electron chi connectivity index (χ1n) is 6.23. The molecule has 1 heterocycles. The summed E-state index contributed by atoms with van der Waals surface area (Å²) in [6, 6.07) is 7.91. The molecule has 0 aliphatic carbocycles. The summed E-state index contributed by atoms with van der Waals surface area (Å²) in [7, 11) is 0. The third-order valence-corrected chi connectivity index (χ3v) is 2.77. The van der Waals surface area contributed by atoms with Gasteiger partial charge in [0.25, 0.3) is 5.69 Å². The van der Waals surface area contributed by atoms with E-state index in [0.29, 0.717) is 17.2 Å². The van der Waals surface area contributed by atoms with E-state index in [4.69, 9.17) is 5.84 Å². The van der Waals surface area contributed by atoms with Crippen LogP contribution in [0.2, 0.25) is 0 Å². The lowest BCUT2D eigenvalue weighted by Crippen LogP contribution is -2.10. The number of nitrogens with zero attached hydrogens (tertiary/aromatic N) is 3. The zero-order valence-electron chi connectivity index (χ0n) is 11.0. The summed E-state index contributed by atoms with van der Waals surface area (Å²) in [6.07, 6.45) is 1.78. The summed E-state index contributed by atoms with van der Waals surface area (Å²) in [5.41, 5.74) is 4.14. The highest BCUT2D eigenvalue weighted by Gasteiger charge is 2.09. The van der Waals surface area contributed by atoms with E-state index in [1.54, 1.807) is 18.2 Å². The van der Waals surface area contributed by atoms with Gasteiger partial charge >= 0.3 is 0 Å². The van der Waals surface area contributed by atoms with E-state index < -0.39 is 4.92 Å². The van der Waals surface area contributed by atoms with Gasteiger partial charge in [0.2, 0.25) is 0 Å². The summed E-state index contributed by atoms with van der Waals surface area (Å²) < 4.78 is 0. The third-order valence-electron chi connectivity index (χ3n) is 2.77. The van der Waals surface area contributed by atoms with Crippen LogP contribution in [-0.4, -0.2) is 14.9 Å². The highest BCUT2D eigenvalue weighted by atomic mass is 16.6. The van der Waals surface area contributed by atoms with Crippen molar-refractivity contribution < 1.29 is 4.92 Å². The summed E-state index contributed by atoms with van der Waals surface area (Å²) in [5, 5.41) is 10.6. The van der Waals surface area contributed by atoms with E-state index in [2.05, 4.69) is 22.3 Å². The largest absolute Gasteiger partial charge is 0.308 e. The number of aryl methyl sites for hydroxylation is 1. The highest BCUT2D eigenvalue weighted by molar-refractivity contribution is 5.59. The summed E-state index contributed by atoms with van der Waals surface area (Å²) >= 11 is 0. The zero-order valence-corrected chi connectivity index (χ0v) is 11.0. The molecule has 1 aromatic heterocycles. The maximum absolute atomic E-state index is 10.6. The molecule has 0 aliphatic rings. The smallest absolute Gasteiger partial charge is 0.269 e. The maximum Gasteiger partial charge on any atom is 0.269 e. The molecule has 2 aromatic rings. The number of nitrogen functional groups attached to an aromatic ring is 1. The molecule has 0 radical (unpaired) electrons. The van der Waals surface area contributed by atoms with E-state index in [0.717, 1.165) is 18.5 Å². The van der Waals surface area contributed by atoms with Gasteiger partial charge in [-0.1, -0.05) is 13.3 Å². The lowest BCUT2D eigenvalue weighted by atomic mass is 10.1. The number of hydrazine groups is 1. The number of hydrogen-bond acceptors (Lipinski definition) is 6. The van der Waals surface area contributed by atoms with Crippen molar-refractivity contribution in [1.29, 1.82) is 0 Å². The molecule has 0 aliphatic heterocycles. The Balaban J connectivity index is 2.40. The van der Waals surface area contributed by atoms with Crippen LogP contribution in [0, 0.1) is 10.1 Å². The molecule has 7 nitrogen and oxygen atoms in total. The van der Waals surface area contributed by atoms with E-state index in [1.165, 1.54) is 12.1 Å². The number of anilines is 1. The van der Waals surface area contributed by atoms with Gasteiger partial charge in [0.15, 0.2) is 5.82 Å². The fourth-order valence-electron chi connectivity index (χ4n) is 1.82. The molecule has 0 amide bonds. The van der Waals surface area contributed by atoms with Crippen molar-refractivity contribution in [1.82, 2.24) is 9.97 Å². The average molecular weight is 273 g/mol. The second-order valence-corrected chi connectivity index (χ2v) is 4.27. The fourth-order valence-corrected chi connectivity index (χ4v) is 1.82. The van der Waals surface area contributed by atoms with Crippen molar-refractivity contribution in [2.75, 3.05) is 5.43 Å². The van der Waals surface area contributed by atoms with Crippen LogP contribution in [0.1, 0.15) is 19.0 Å². The number of nitro groups is 1. The molecule has 2 rings (SSSR count). The standard InChI is InChI=1S/C13H15N5O2/c1-2-3-10-8-12(17-14)16-13(15-10)9-4-6-11(7-5-9)18(19)20/h4-8H,2-3,14H2,1H3,(H,15,16,17). The number of aromatic nitrogens is 2. The number of non-ortho nitro benzene ring substituents is 1. The summed E-state index contributed by atoms with van der Waals surface area (Å²) in [4.78, 5) is 18.9. The van der Waals surface area contributed by atoms with Gasteiger partial charge in [0.1, 0.15) is 5.82 Å². The first-order chi connectivity index (χ1) is 9.63. The first-order valence-corrected chi connectivity index (χ1v) is 6.23. The van der Waals surface area contributed by atoms with Crippen LogP contribution in [0.15, 0.2) is 30.3 Å². The molecule has 0 saturated heterocycles. The van der Waals surface area contributed by atoms with Crippen LogP contribution < -0.4 is 11.3 Å². The molecule has 104 valence electrons. The average Bonchev–Trinajstić information content (AvgIpc) is 2.47. The molecule has 0 fully saturated rings. The Hall–Kier alpha value is -2.54. The molecule has 3 N–H and O–H groups in total. The Morgan fingerprint density at radius 1 is 1.30 bits per heavy atom. The van der Waals surface area contributed by atoms with Crippen molar-refractivity contribution >= 4 is 11.5 Å². The monoisotopic (exact) mass is 273 g/mol. The second-order valence-electron chi connectivity index (χ2n) is 4.27. The van der Waals surface area contributed by atoms with Crippen molar-refractivity contribution in [3.05, 3.63) is 46.1 Å². The van der Waals surface area contributed by atoms with Crippen molar-refractivity contribution in [3.63, 3.8) is 0 Å². The second kappa shape index (κ2) is 6.07. The van der Waals surface area contributed by atoms with Crippen molar-refractivity contribution in [2.45, 2.75) is 19.8 Å². The molecular formula is C13H15N5O2. The van der Waals surface area contributed by atoms with Crippen molar-refractivity contribution in [3.8, 4) is 11.4 Å². The molecule has 0 atom stereocenters. The minimum absolute atomic E-state index is 0.0376.